The van der Waals surface area contributed by atoms with Gasteiger partial charge in [-0.25, -0.2) is 0 Å². The molecule has 3 rings (SSSR count). The number of fused-ring (bicyclic) bond motifs is 1. The van der Waals surface area contributed by atoms with Crippen molar-refractivity contribution in [3.05, 3.63) is 65.1 Å². The topological polar surface area (TPSA) is 49.0 Å². The van der Waals surface area contributed by atoms with Gasteiger partial charge in [-0.05, 0) is 55.7 Å². The third-order valence-corrected chi connectivity index (χ3v) is 4.92. The Kier molecular flexibility index (Phi) is 4.82. The second-order valence-electron chi connectivity index (χ2n) is 6.85. The van der Waals surface area contributed by atoms with Gasteiger partial charge >= 0.3 is 0 Å². The van der Waals surface area contributed by atoms with E-state index in [9.17, 15) is 4.79 Å². The molecule has 1 amide bonds. The van der Waals surface area contributed by atoms with Crippen molar-refractivity contribution in [3.63, 3.8) is 0 Å². The summed E-state index contributed by atoms with van der Waals surface area (Å²) < 4.78 is 0. The molecule has 2 aromatic heterocycles. The number of pyridine rings is 1. The molecule has 0 spiro atoms. The molecule has 5 heteroatoms. The Hall–Kier alpha value is -2.33. The Morgan fingerprint density at radius 3 is 2.68 bits per heavy atom. The molecule has 0 atom stereocenters. The number of benzene rings is 1. The summed E-state index contributed by atoms with van der Waals surface area (Å²) in [7, 11) is 1.86. The van der Waals surface area contributed by atoms with E-state index in [0.717, 1.165) is 22.9 Å². The molecule has 0 saturated heterocycles. The standard InChI is InChI=1S/C20H22ClN3O/c1-20(2,17-13-23-18-12-15(21)4-5-16(17)18)19(25)24(3)11-8-14-6-9-22-10-7-14/h4-7,9-10,12-13,23H,8,11H2,1-3H3. The zero-order chi connectivity index (χ0) is 18.0. The van der Waals surface area contributed by atoms with E-state index < -0.39 is 5.41 Å². The molecule has 1 N–H and O–H groups in total. The van der Waals surface area contributed by atoms with Gasteiger partial charge in [-0.3, -0.25) is 9.78 Å². The Morgan fingerprint density at radius 1 is 1.24 bits per heavy atom. The molecule has 0 radical (unpaired) electrons. The maximum atomic E-state index is 13.1. The number of aromatic nitrogens is 2. The Balaban J connectivity index is 1.79. The van der Waals surface area contributed by atoms with Crippen molar-refractivity contribution in [3.8, 4) is 0 Å². The van der Waals surface area contributed by atoms with Crippen molar-refractivity contribution < 1.29 is 4.79 Å². The summed E-state index contributed by atoms with van der Waals surface area (Å²) in [5, 5.41) is 1.71. The minimum Gasteiger partial charge on any atom is -0.361 e. The van der Waals surface area contributed by atoms with Gasteiger partial charge in [-0.2, -0.15) is 0 Å². The van der Waals surface area contributed by atoms with Crippen LogP contribution in [0.25, 0.3) is 10.9 Å². The lowest BCUT2D eigenvalue weighted by Gasteiger charge is -2.29. The summed E-state index contributed by atoms with van der Waals surface area (Å²) >= 11 is 6.06. The molecule has 0 fully saturated rings. The number of nitrogens with one attached hydrogen (secondary N) is 1. The van der Waals surface area contributed by atoms with Crippen LogP contribution in [-0.2, 0) is 16.6 Å². The lowest BCUT2D eigenvalue weighted by Crippen LogP contribution is -2.42. The molecule has 2 heterocycles. The SMILES string of the molecule is CN(CCc1ccncc1)C(=O)C(C)(C)c1c[nH]c2cc(Cl)ccc12. The molecule has 1 aromatic carbocycles. The molecule has 130 valence electrons. The van der Waals surface area contributed by atoms with E-state index in [0.29, 0.717) is 11.6 Å². The number of hydrogen-bond acceptors (Lipinski definition) is 2. The summed E-state index contributed by atoms with van der Waals surface area (Å²) in [5.41, 5.74) is 2.48. The second kappa shape index (κ2) is 6.89. The normalized spacial score (nSPS) is 11.7. The summed E-state index contributed by atoms with van der Waals surface area (Å²) in [4.78, 5) is 22.1. The lowest BCUT2D eigenvalue weighted by molar-refractivity contribution is -0.134. The van der Waals surface area contributed by atoms with Crippen LogP contribution < -0.4 is 0 Å². The van der Waals surface area contributed by atoms with Crippen LogP contribution in [0.5, 0.6) is 0 Å². The molecule has 0 aliphatic heterocycles. The van der Waals surface area contributed by atoms with Crippen molar-refractivity contribution in [2.45, 2.75) is 25.7 Å². The summed E-state index contributed by atoms with van der Waals surface area (Å²) in [6.45, 7) is 4.60. The highest BCUT2D eigenvalue weighted by molar-refractivity contribution is 6.31. The van der Waals surface area contributed by atoms with E-state index in [1.165, 1.54) is 5.56 Å². The molecular formula is C20H22ClN3O. The van der Waals surface area contributed by atoms with Gasteiger partial charge in [0.05, 0.1) is 5.41 Å². The number of H-pyrrole nitrogens is 1. The highest BCUT2D eigenvalue weighted by Crippen LogP contribution is 2.33. The van der Waals surface area contributed by atoms with Crippen molar-refractivity contribution in [2.24, 2.45) is 0 Å². The minimum atomic E-state index is -0.626. The van der Waals surface area contributed by atoms with Gasteiger partial charge in [0.2, 0.25) is 5.91 Å². The fourth-order valence-corrected chi connectivity index (χ4v) is 3.33. The van der Waals surface area contributed by atoms with E-state index in [1.54, 1.807) is 17.3 Å². The minimum absolute atomic E-state index is 0.0948. The van der Waals surface area contributed by atoms with E-state index in [-0.39, 0.29) is 5.91 Å². The second-order valence-corrected chi connectivity index (χ2v) is 7.29. The van der Waals surface area contributed by atoms with Gasteiger partial charge in [0, 0.05) is 48.1 Å². The van der Waals surface area contributed by atoms with E-state index >= 15 is 0 Å². The average Bonchev–Trinajstić information content (AvgIpc) is 3.03. The van der Waals surface area contributed by atoms with E-state index in [4.69, 9.17) is 11.6 Å². The molecule has 3 aromatic rings. The van der Waals surface area contributed by atoms with Gasteiger partial charge in [-0.15, -0.1) is 0 Å². The van der Waals surface area contributed by atoms with Crippen molar-refractivity contribution in [2.75, 3.05) is 13.6 Å². The Bertz CT molecular complexity index is 886. The highest BCUT2D eigenvalue weighted by Gasteiger charge is 2.34. The van der Waals surface area contributed by atoms with E-state index in [2.05, 4.69) is 9.97 Å². The van der Waals surface area contributed by atoms with Crippen molar-refractivity contribution in [1.82, 2.24) is 14.9 Å². The van der Waals surface area contributed by atoms with Crippen molar-refractivity contribution in [1.29, 1.82) is 0 Å². The van der Waals surface area contributed by atoms with Gasteiger partial charge in [-0.1, -0.05) is 17.7 Å². The molecular weight excluding hydrogens is 334 g/mol. The third kappa shape index (κ3) is 3.54. The molecule has 0 unspecified atom stereocenters. The molecule has 0 saturated carbocycles. The molecule has 25 heavy (non-hydrogen) atoms. The number of aromatic amines is 1. The zero-order valence-corrected chi connectivity index (χ0v) is 15.5. The van der Waals surface area contributed by atoms with Gasteiger partial charge in [0.25, 0.3) is 0 Å². The number of halogens is 1. The molecule has 0 aliphatic rings. The predicted molar refractivity (Wildman–Crippen MR) is 102 cm³/mol. The lowest BCUT2D eigenvalue weighted by atomic mass is 9.83. The van der Waals surface area contributed by atoms with Crippen LogP contribution in [0.3, 0.4) is 0 Å². The van der Waals surface area contributed by atoms with Gasteiger partial charge < -0.3 is 9.88 Å². The number of hydrogen-bond donors (Lipinski definition) is 1. The predicted octanol–water partition coefficient (Wildman–Crippen LogP) is 4.20. The van der Waals surface area contributed by atoms with Crippen LogP contribution in [0.1, 0.15) is 25.0 Å². The molecule has 4 nitrogen and oxygen atoms in total. The fourth-order valence-electron chi connectivity index (χ4n) is 3.16. The van der Waals surface area contributed by atoms with Crippen molar-refractivity contribution >= 4 is 28.4 Å². The largest absolute Gasteiger partial charge is 0.361 e. The molecule has 0 bridgehead atoms. The van der Waals surface area contributed by atoms with Crippen LogP contribution in [0.2, 0.25) is 5.02 Å². The smallest absolute Gasteiger partial charge is 0.232 e. The first-order valence-electron chi connectivity index (χ1n) is 8.31. The Labute approximate surface area is 152 Å². The zero-order valence-electron chi connectivity index (χ0n) is 14.7. The first-order chi connectivity index (χ1) is 11.9. The number of nitrogens with zero attached hydrogens (tertiary/aromatic N) is 2. The fraction of sp³-hybridized carbons (Fsp3) is 0.300. The van der Waals surface area contributed by atoms with Gasteiger partial charge in [0.15, 0.2) is 0 Å². The number of carbonyl (C=O) groups excluding carboxylic acids is 1. The highest BCUT2D eigenvalue weighted by atomic mass is 35.5. The van der Waals surface area contributed by atoms with Crippen LogP contribution in [-0.4, -0.2) is 34.4 Å². The summed E-state index contributed by atoms with van der Waals surface area (Å²) in [5.74, 6) is 0.0948. The first kappa shape index (κ1) is 17.5. The maximum Gasteiger partial charge on any atom is 0.232 e. The third-order valence-electron chi connectivity index (χ3n) is 4.68. The maximum absolute atomic E-state index is 13.1. The number of amides is 1. The summed E-state index contributed by atoms with van der Waals surface area (Å²) in [6, 6.07) is 9.66. The quantitative estimate of drug-likeness (QED) is 0.745. The van der Waals surface area contributed by atoms with Crippen LogP contribution in [0.4, 0.5) is 0 Å². The first-order valence-corrected chi connectivity index (χ1v) is 8.69. The van der Waals surface area contributed by atoms with Crippen LogP contribution in [0, 0.1) is 0 Å². The van der Waals surface area contributed by atoms with Crippen LogP contribution >= 0.6 is 11.6 Å². The Morgan fingerprint density at radius 2 is 1.96 bits per heavy atom. The summed E-state index contributed by atoms with van der Waals surface area (Å²) in [6.07, 6.45) is 6.27. The van der Waals surface area contributed by atoms with Crippen LogP contribution in [0.15, 0.2) is 48.9 Å². The van der Waals surface area contributed by atoms with E-state index in [1.807, 2.05) is 57.4 Å². The average molecular weight is 356 g/mol. The number of carbonyl (C=O) groups is 1. The van der Waals surface area contributed by atoms with Gasteiger partial charge in [0.1, 0.15) is 0 Å². The number of rotatable bonds is 5. The number of likely N-dealkylation sites (N-methyl/N-ethyl adjacent to an activating group) is 1. The molecule has 0 aliphatic carbocycles. The monoisotopic (exact) mass is 355 g/mol.